The molecule has 2 rings (SSSR count). The molecule has 0 atom stereocenters. The summed E-state index contributed by atoms with van der Waals surface area (Å²) in [7, 11) is 0. The van der Waals surface area contributed by atoms with Crippen LogP contribution in [-0.4, -0.2) is 4.98 Å². The van der Waals surface area contributed by atoms with Crippen LogP contribution in [0.2, 0.25) is 15.1 Å². The summed E-state index contributed by atoms with van der Waals surface area (Å²) in [5.74, 6) is 1.21. The molecule has 0 radical (unpaired) electrons. The predicted molar refractivity (Wildman–Crippen MR) is 61.7 cm³/mol. The minimum absolute atomic E-state index is 0.338. The summed E-state index contributed by atoms with van der Waals surface area (Å²) < 4.78 is 5.35. The van der Waals surface area contributed by atoms with Gasteiger partial charge in [-0.2, -0.15) is 0 Å². The molecule has 0 bridgehead atoms. The van der Waals surface area contributed by atoms with Gasteiger partial charge in [0.25, 0.3) is 0 Å². The molecule has 0 saturated heterocycles. The number of hydrogen-bond acceptors (Lipinski definition) is 2. The fourth-order valence-electron chi connectivity index (χ4n) is 1.17. The Morgan fingerprint density at radius 3 is 2.20 bits per heavy atom. The summed E-state index contributed by atoms with van der Waals surface area (Å²) >= 11 is 17.6. The highest BCUT2D eigenvalue weighted by Gasteiger charge is 2.10. The van der Waals surface area contributed by atoms with E-state index in [2.05, 4.69) is 4.98 Å². The molecule has 0 aliphatic heterocycles. The van der Waals surface area contributed by atoms with E-state index in [9.17, 15) is 0 Å². The Bertz CT molecular complexity index is 484. The lowest BCUT2D eigenvalue weighted by Gasteiger charge is -2.01. The van der Waals surface area contributed by atoms with E-state index in [4.69, 9.17) is 39.2 Å². The van der Waals surface area contributed by atoms with Crippen molar-refractivity contribution in [3.8, 4) is 11.5 Å². The number of aromatic nitrogens is 1. The van der Waals surface area contributed by atoms with Crippen molar-refractivity contribution < 1.29 is 4.42 Å². The Morgan fingerprint density at radius 2 is 1.73 bits per heavy atom. The van der Waals surface area contributed by atoms with Gasteiger partial charge in [0.1, 0.15) is 5.76 Å². The number of aryl methyl sites for hydroxylation is 1. The lowest BCUT2D eigenvalue weighted by atomic mass is 10.2. The number of oxazole rings is 1. The van der Waals surface area contributed by atoms with E-state index in [1.165, 1.54) is 0 Å². The molecule has 2 nitrogen and oxygen atoms in total. The predicted octanol–water partition coefficient (Wildman–Crippen LogP) is 4.61. The maximum Gasteiger partial charge on any atom is 0.226 e. The fraction of sp³-hybridized carbons (Fsp3) is 0.100. The van der Waals surface area contributed by atoms with Gasteiger partial charge in [0, 0.05) is 5.56 Å². The van der Waals surface area contributed by atoms with Crippen molar-refractivity contribution >= 4 is 34.8 Å². The second-order valence-electron chi connectivity index (χ2n) is 3.03. The average molecular weight is 263 g/mol. The Balaban J connectivity index is 2.55. The minimum atomic E-state index is 0.338. The van der Waals surface area contributed by atoms with Crippen molar-refractivity contribution in [3.63, 3.8) is 0 Å². The van der Waals surface area contributed by atoms with Crippen molar-refractivity contribution in [1.82, 2.24) is 4.98 Å². The fourth-order valence-corrected chi connectivity index (χ4v) is 1.76. The van der Waals surface area contributed by atoms with Gasteiger partial charge < -0.3 is 4.42 Å². The second kappa shape index (κ2) is 4.05. The van der Waals surface area contributed by atoms with Crippen molar-refractivity contribution in [2.45, 2.75) is 6.92 Å². The van der Waals surface area contributed by atoms with E-state index in [-0.39, 0.29) is 0 Å². The largest absolute Gasteiger partial charge is 0.441 e. The number of hydrogen-bond donors (Lipinski definition) is 0. The Hall–Kier alpha value is -0.700. The number of benzene rings is 1. The molecule has 2 aromatic rings. The SMILES string of the molecule is Cc1cnc(-c2cc(Cl)c(Cl)c(Cl)c2)o1. The standard InChI is InChI=1S/C10H6Cl3NO/c1-5-4-14-10(15-5)6-2-7(11)9(13)8(12)3-6/h2-4H,1H3. The van der Waals surface area contributed by atoms with Crippen LogP contribution in [0.5, 0.6) is 0 Å². The topological polar surface area (TPSA) is 26.0 Å². The summed E-state index contributed by atoms with van der Waals surface area (Å²) in [4.78, 5) is 4.07. The van der Waals surface area contributed by atoms with E-state index in [1.807, 2.05) is 6.92 Å². The van der Waals surface area contributed by atoms with Crippen LogP contribution in [0.25, 0.3) is 11.5 Å². The Morgan fingerprint density at radius 1 is 1.13 bits per heavy atom. The molecular weight excluding hydrogens is 256 g/mol. The van der Waals surface area contributed by atoms with E-state index >= 15 is 0 Å². The first-order valence-electron chi connectivity index (χ1n) is 4.15. The first-order valence-corrected chi connectivity index (χ1v) is 5.28. The zero-order valence-corrected chi connectivity index (χ0v) is 9.99. The monoisotopic (exact) mass is 261 g/mol. The maximum atomic E-state index is 5.89. The Kier molecular flexibility index (Phi) is 2.91. The Labute approximate surface area is 102 Å². The molecule has 15 heavy (non-hydrogen) atoms. The van der Waals surface area contributed by atoms with Crippen LogP contribution in [0.15, 0.2) is 22.7 Å². The molecule has 0 amide bonds. The van der Waals surface area contributed by atoms with E-state index in [0.29, 0.717) is 26.5 Å². The van der Waals surface area contributed by atoms with E-state index in [0.717, 1.165) is 5.76 Å². The highest BCUT2D eigenvalue weighted by atomic mass is 35.5. The van der Waals surface area contributed by atoms with Crippen molar-refractivity contribution in [1.29, 1.82) is 0 Å². The van der Waals surface area contributed by atoms with Gasteiger partial charge >= 0.3 is 0 Å². The van der Waals surface area contributed by atoms with Crippen LogP contribution < -0.4 is 0 Å². The molecule has 0 aliphatic carbocycles. The second-order valence-corrected chi connectivity index (χ2v) is 4.22. The van der Waals surface area contributed by atoms with Crippen LogP contribution in [0.4, 0.5) is 0 Å². The molecule has 78 valence electrons. The van der Waals surface area contributed by atoms with E-state index < -0.39 is 0 Å². The zero-order valence-electron chi connectivity index (χ0n) is 7.72. The first kappa shape index (κ1) is 10.8. The van der Waals surface area contributed by atoms with Crippen LogP contribution in [0.3, 0.4) is 0 Å². The van der Waals surface area contributed by atoms with Gasteiger partial charge in [-0.15, -0.1) is 0 Å². The van der Waals surface area contributed by atoms with E-state index in [1.54, 1.807) is 18.3 Å². The highest BCUT2D eigenvalue weighted by molar-refractivity contribution is 6.48. The molecule has 0 fully saturated rings. The van der Waals surface area contributed by atoms with Crippen LogP contribution in [0.1, 0.15) is 5.76 Å². The molecule has 1 aromatic heterocycles. The molecule has 0 saturated carbocycles. The van der Waals surface area contributed by atoms with Gasteiger partial charge in [0.15, 0.2) is 0 Å². The number of rotatable bonds is 1. The third kappa shape index (κ3) is 2.12. The summed E-state index contributed by atoms with van der Waals surface area (Å²) in [5, 5.41) is 1.11. The zero-order chi connectivity index (χ0) is 11.0. The van der Waals surface area contributed by atoms with Gasteiger partial charge in [-0.3, -0.25) is 0 Å². The third-order valence-electron chi connectivity index (χ3n) is 1.85. The molecule has 0 spiro atoms. The van der Waals surface area contributed by atoms with Gasteiger partial charge in [-0.25, -0.2) is 4.98 Å². The molecule has 0 unspecified atom stereocenters. The average Bonchev–Trinajstić information content (AvgIpc) is 2.60. The van der Waals surface area contributed by atoms with Crippen molar-refractivity contribution in [2.75, 3.05) is 0 Å². The normalized spacial score (nSPS) is 10.7. The number of halogens is 3. The third-order valence-corrected chi connectivity index (χ3v) is 3.05. The molecular formula is C10H6Cl3NO. The molecule has 1 aromatic carbocycles. The first-order chi connectivity index (χ1) is 7.08. The molecule has 5 heteroatoms. The van der Waals surface area contributed by atoms with Crippen LogP contribution in [0, 0.1) is 6.92 Å². The van der Waals surface area contributed by atoms with Crippen LogP contribution >= 0.6 is 34.8 Å². The van der Waals surface area contributed by atoms with Gasteiger partial charge in [0.05, 0.1) is 21.3 Å². The molecule has 0 N–H and O–H groups in total. The van der Waals surface area contributed by atoms with Gasteiger partial charge in [-0.05, 0) is 19.1 Å². The number of nitrogens with zero attached hydrogens (tertiary/aromatic N) is 1. The quantitative estimate of drug-likeness (QED) is 0.701. The lowest BCUT2D eigenvalue weighted by molar-refractivity contribution is 0.542. The minimum Gasteiger partial charge on any atom is -0.441 e. The van der Waals surface area contributed by atoms with Crippen LogP contribution in [-0.2, 0) is 0 Å². The lowest BCUT2D eigenvalue weighted by Crippen LogP contribution is -1.79. The summed E-state index contributed by atoms with van der Waals surface area (Å²) in [6, 6.07) is 3.34. The van der Waals surface area contributed by atoms with Gasteiger partial charge in [-0.1, -0.05) is 34.8 Å². The molecule has 1 heterocycles. The molecule has 0 aliphatic rings. The van der Waals surface area contributed by atoms with Crippen molar-refractivity contribution in [2.24, 2.45) is 0 Å². The summed E-state index contributed by atoms with van der Waals surface area (Å²) in [6.07, 6.45) is 1.63. The summed E-state index contributed by atoms with van der Waals surface area (Å²) in [6.45, 7) is 1.82. The highest BCUT2D eigenvalue weighted by Crippen LogP contribution is 2.34. The van der Waals surface area contributed by atoms with Gasteiger partial charge in [0.2, 0.25) is 5.89 Å². The smallest absolute Gasteiger partial charge is 0.226 e. The summed E-state index contributed by atoms with van der Waals surface area (Å²) in [5.41, 5.74) is 0.711. The van der Waals surface area contributed by atoms with Crippen molar-refractivity contribution in [3.05, 3.63) is 39.2 Å². The maximum absolute atomic E-state index is 5.89.